The minimum Gasteiger partial charge on any atom is -0.0804 e. The van der Waals surface area contributed by atoms with Crippen molar-refractivity contribution in [1.29, 1.82) is 0 Å². The molecule has 0 spiro atoms. The maximum atomic E-state index is 2.53. The van der Waals surface area contributed by atoms with Crippen molar-refractivity contribution >= 4 is 5.57 Å². The third-order valence-corrected chi connectivity index (χ3v) is 7.97. The van der Waals surface area contributed by atoms with E-state index >= 15 is 0 Å². The summed E-state index contributed by atoms with van der Waals surface area (Å²) in [7, 11) is 0. The van der Waals surface area contributed by atoms with Crippen LogP contribution in [0.1, 0.15) is 108 Å². The lowest BCUT2D eigenvalue weighted by Crippen LogP contribution is -2.10. The fraction of sp³-hybridized carbons (Fsp3) is 0.548. The molecule has 0 radical (unpaired) electrons. The van der Waals surface area contributed by atoms with E-state index in [0.29, 0.717) is 0 Å². The summed E-state index contributed by atoms with van der Waals surface area (Å²) in [6.07, 6.45) is 19.0. The van der Waals surface area contributed by atoms with Gasteiger partial charge >= 0.3 is 0 Å². The molecule has 2 aliphatic rings. The van der Waals surface area contributed by atoms with Crippen LogP contribution in [0.5, 0.6) is 0 Å². The second kappa shape index (κ2) is 11.2. The maximum Gasteiger partial charge on any atom is -0.0162 e. The van der Waals surface area contributed by atoms with Crippen molar-refractivity contribution in [2.45, 2.75) is 96.8 Å². The molecule has 0 aliphatic heterocycles. The molecular formula is C31H42. The lowest BCUT2D eigenvalue weighted by atomic mass is 9.79. The predicted molar refractivity (Wildman–Crippen MR) is 136 cm³/mol. The average Bonchev–Trinajstić information content (AvgIpc) is 2.83. The van der Waals surface area contributed by atoms with Gasteiger partial charge in [0.15, 0.2) is 0 Å². The third kappa shape index (κ3) is 6.12. The van der Waals surface area contributed by atoms with Crippen LogP contribution in [0.2, 0.25) is 0 Å². The topological polar surface area (TPSA) is 0 Å². The number of unbranched alkanes of at least 4 members (excludes halogenated alkanes) is 3. The monoisotopic (exact) mass is 414 g/mol. The molecule has 4 rings (SSSR count). The standard InChI is InChI=1S/C31H42/c1-3-4-5-6-7-25-10-14-27(15-11-25)29-18-22-31(23-19-29)30-20-16-28(17-21-30)26-12-8-24(2)9-13-26/h14,16-26H,3-13,15H2,1-2H3. The Morgan fingerprint density at radius 2 is 1.35 bits per heavy atom. The third-order valence-electron chi connectivity index (χ3n) is 7.97. The molecule has 166 valence electrons. The highest BCUT2D eigenvalue weighted by Gasteiger charge is 2.19. The Bertz CT molecular complexity index is 815. The molecule has 0 heteroatoms. The molecular weight excluding hydrogens is 372 g/mol. The molecule has 2 aromatic rings. The van der Waals surface area contributed by atoms with E-state index in [2.05, 4.69) is 68.5 Å². The Kier molecular flexibility index (Phi) is 8.06. The second-order valence-electron chi connectivity index (χ2n) is 10.4. The summed E-state index contributed by atoms with van der Waals surface area (Å²) in [4.78, 5) is 0. The number of hydrogen-bond donors (Lipinski definition) is 0. The predicted octanol–water partition coefficient (Wildman–Crippen LogP) is 9.80. The summed E-state index contributed by atoms with van der Waals surface area (Å²) in [5.74, 6) is 2.62. The van der Waals surface area contributed by atoms with Gasteiger partial charge in [-0.1, -0.05) is 113 Å². The maximum absolute atomic E-state index is 2.53. The minimum atomic E-state index is 0.779. The van der Waals surface area contributed by atoms with Crippen molar-refractivity contribution in [3.63, 3.8) is 0 Å². The molecule has 2 aliphatic carbocycles. The smallest absolute Gasteiger partial charge is 0.0162 e. The fourth-order valence-corrected chi connectivity index (χ4v) is 5.69. The van der Waals surface area contributed by atoms with Crippen molar-refractivity contribution in [2.24, 2.45) is 11.8 Å². The van der Waals surface area contributed by atoms with E-state index in [1.165, 1.54) is 93.7 Å². The summed E-state index contributed by atoms with van der Waals surface area (Å²) >= 11 is 0. The van der Waals surface area contributed by atoms with Crippen LogP contribution in [0.3, 0.4) is 0 Å². The van der Waals surface area contributed by atoms with E-state index in [-0.39, 0.29) is 0 Å². The van der Waals surface area contributed by atoms with Crippen molar-refractivity contribution < 1.29 is 0 Å². The van der Waals surface area contributed by atoms with Crippen molar-refractivity contribution in [3.8, 4) is 11.1 Å². The van der Waals surface area contributed by atoms with Gasteiger partial charge in [-0.2, -0.15) is 0 Å². The summed E-state index contributed by atoms with van der Waals surface area (Å²) in [6.45, 7) is 4.70. The minimum absolute atomic E-state index is 0.779. The SMILES string of the molecule is CCCCCCC1CC=C(c2ccc(-c3ccc(C4CCC(C)CC4)cc3)cc2)CC1. The summed E-state index contributed by atoms with van der Waals surface area (Å²) < 4.78 is 0. The highest BCUT2D eigenvalue weighted by Crippen LogP contribution is 2.37. The van der Waals surface area contributed by atoms with Gasteiger partial charge in [0.2, 0.25) is 0 Å². The lowest BCUT2D eigenvalue weighted by Gasteiger charge is -2.26. The molecule has 0 saturated heterocycles. The fourth-order valence-electron chi connectivity index (χ4n) is 5.69. The average molecular weight is 415 g/mol. The Morgan fingerprint density at radius 3 is 1.97 bits per heavy atom. The van der Waals surface area contributed by atoms with Crippen LogP contribution < -0.4 is 0 Å². The van der Waals surface area contributed by atoms with Gasteiger partial charge in [0.25, 0.3) is 0 Å². The van der Waals surface area contributed by atoms with E-state index in [1.807, 2.05) is 0 Å². The molecule has 0 nitrogen and oxygen atoms in total. The Hall–Kier alpha value is -1.82. The van der Waals surface area contributed by atoms with Gasteiger partial charge in [-0.05, 0) is 77.7 Å². The Labute approximate surface area is 191 Å². The van der Waals surface area contributed by atoms with Gasteiger partial charge in [-0.15, -0.1) is 0 Å². The van der Waals surface area contributed by atoms with Gasteiger partial charge in [0.05, 0.1) is 0 Å². The van der Waals surface area contributed by atoms with E-state index in [4.69, 9.17) is 0 Å². The van der Waals surface area contributed by atoms with Gasteiger partial charge in [0, 0.05) is 0 Å². The van der Waals surface area contributed by atoms with Crippen LogP contribution in [0.15, 0.2) is 54.6 Å². The van der Waals surface area contributed by atoms with Crippen molar-refractivity contribution in [2.75, 3.05) is 0 Å². The Morgan fingerprint density at radius 1 is 0.710 bits per heavy atom. The largest absolute Gasteiger partial charge is 0.0804 e. The number of benzene rings is 2. The first-order chi connectivity index (χ1) is 15.2. The molecule has 0 heterocycles. The molecule has 1 atom stereocenters. The molecule has 1 unspecified atom stereocenters. The molecule has 0 amide bonds. The number of rotatable bonds is 8. The first kappa shape index (κ1) is 22.4. The normalized spacial score (nSPS) is 24.1. The second-order valence-corrected chi connectivity index (χ2v) is 10.4. The van der Waals surface area contributed by atoms with Gasteiger partial charge in [0.1, 0.15) is 0 Å². The summed E-state index contributed by atoms with van der Waals surface area (Å²) in [5, 5.41) is 0. The van der Waals surface area contributed by atoms with Crippen LogP contribution in [0.25, 0.3) is 16.7 Å². The highest BCUT2D eigenvalue weighted by atomic mass is 14.2. The highest BCUT2D eigenvalue weighted by molar-refractivity contribution is 5.71. The van der Waals surface area contributed by atoms with E-state index in [0.717, 1.165) is 17.8 Å². The van der Waals surface area contributed by atoms with Crippen molar-refractivity contribution in [3.05, 3.63) is 65.7 Å². The van der Waals surface area contributed by atoms with Gasteiger partial charge in [-0.25, -0.2) is 0 Å². The molecule has 2 aromatic carbocycles. The molecule has 0 aromatic heterocycles. The van der Waals surface area contributed by atoms with Crippen LogP contribution in [0, 0.1) is 11.8 Å². The van der Waals surface area contributed by atoms with Gasteiger partial charge in [-0.3, -0.25) is 0 Å². The summed E-state index contributed by atoms with van der Waals surface area (Å²) in [6, 6.07) is 18.8. The van der Waals surface area contributed by atoms with Crippen LogP contribution in [-0.4, -0.2) is 0 Å². The molecule has 0 N–H and O–H groups in total. The quantitative estimate of drug-likeness (QED) is 0.377. The lowest BCUT2D eigenvalue weighted by molar-refractivity contribution is 0.348. The van der Waals surface area contributed by atoms with Crippen LogP contribution in [0.4, 0.5) is 0 Å². The zero-order valence-electron chi connectivity index (χ0n) is 19.9. The number of hydrogen-bond acceptors (Lipinski definition) is 0. The molecule has 1 fully saturated rings. The molecule has 0 bridgehead atoms. The molecule has 31 heavy (non-hydrogen) atoms. The Balaban J connectivity index is 1.32. The van der Waals surface area contributed by atoms with Crippen LogP contribution in [-0.2, 0) is 0 Å². The molecule has 1 saturated carbocycles. The first-order valence-electron chi connectivity index (χ1n) is 13.1. The summed E-state index contributed by atoms with van der Waals surface area (Å²) in [5.41, 5.74) is 7.24. The van der Waals surface area contributed by atoms with Crippen LogP contribution >= 0.6 is 0 Å². The zero-order chi connectivity index (χ0) is 21.5. The first-order valence-corrected chi connectivity index (χ1v) is 13.1. The van der Waals surface area contributed by atoms with E-state index in [1.54, 1.807) is 11.1 Å². The van der Waals surface area contributed by atoms with E-state index < -0.39 is 0 Å². The van der Waals surface area contributed by atoms with E-state index in [9.17, 15) is 0 Å². The van der Waals surface area contributed by atoms with Gasteiger partial charge < -0.3 is 0 Å². The van der Waals surface area contributed by atoms with Crippen molar-refractivity contribution in [1.82, 2.24) is 0 Å². The number of allylic oxidation sites excluding steroid dienone is 2. The zero-order valence-corrected chi connectivity index (χ0v) is 19.9.